The zero-order chi connectivity index (χ0) is 18.8. The van der Waals surface area contributed by atoms with E-state index in [4.69, 9.17) is 26.2 Å². The summed E-state index contributed by atoms with van der Waals surface area (Å²) in [6.45, 7) is 3.85. The molecule has 0 saturated carbocycles. The van der Waals surface area contributed by atoms with Gasteiger partial charge in [-0.3, -0.25) is 0 Å². The number of aliphatic carboxylic acids is 1. The Hall–Kier alpha value is -2.24. The normalized spacial score (nSPS) is 11.8. The van der Waals surface area contributed by atoms with E-state index in [9.17, 15) is 4.79 Å². The molecular weight excluding hydrogens is 354 g/mol. The van der Waals surface area contributed by atoms with Crippen LogP contribution in [0.15, 0.2) is 48.5 Å². The molecule has 0 fully saturated rings. The molecule has 2 N–H and O–H groups in total. The number of ether oxygens (including phenoxy) is 2. The molecular formula is C20H24ClNO4. The van der Waals surface area contributed by atoms with Crippen molar-refractivity contribution in [3.8, 4) is 11.5 Å². The van der Waals surface area contributed by atoms with Crippen LogP contribution in [-0.2, 0) is 11.2 Å². The molecule has 26 heavy (non-hydrogen) atoms. The molecule has 0 heterocycles. The average Bonchev–Trinajstić information content (AvgIpc) is 2.62. The van der Waals surface area contributed by atoms with Gasteiger partial charge in [-0.25, -0.2) is 4.79 Å². The van der Waals surface area contributed by atoms with Gasteiger partial charge in [0.05, 0.1) is 6.61 Å². The van der Waals surface area contributed by atoms with Crippen LogP contribution in [-0.4, -0.2) is 36.9 Å². The first-order valence-corrected chi connectivity index (χ1v) is 9.00. The van der Waals surface area contributed by atoms with E-state index in [-0.39, 0.29) is 0 Å². The van der Waals surface area contributed by atoms with Crippen LogP contribution in [0.5, 0.6) is 11.5 Å². The Balaban J connectivity index is 1.60. The highest BCUT2D eigenvalue weighted by atomic mass is 35.5. The fourth-order valence-corrected chi connectivity index (χ4v) is 2.43. The molecule has 5 nitrogen and oxygen atoms in total. The maximum absolute atomic E-state index is 10.8. The summed E-state index contributed by atoms with van der Waals surface area (Å²) in [7, 11) is 0. The summed E-state index contributed by atoms with van der Waals surface area (Å²) < 4.78 is 11.0. The summed E-state index contributed by atoms with van der Waals surface area (Å²) >= 11 is 5.83. The van der Waals surface area contributed by atoms with Crippen LogP contribution in [0.2, 0.25) is 5.02 Å². The molecule has 2 rings (SSSR count). The molecule has 1 atom stereocenters. The molecule has 0 aliphatic rings. The van der Waals surface area contributed by atoms with Crippen molar-refractivity contribution < 1.29 is 19.4 Å². The number of carbonyl (C=O) groups is 1. The van der Waals surface area contributed by atoms with E-state index < -0.39 is 12.1 Å². The molecule has 0 radical (unpaired) electrons. The van der Waals surface area contributed by atoms with Crippen LogP contribution in [0.25, 0.3) is 0 Å². The van der Waals surface area contributed by atoms with E-state index in [0.717, 1.165) is 37.2 Å². The van der Waals surface area contributed by atoms with Crippen LogP contribution in [0.3, 0.4) is 0 Å². The van der Waals surface area contributed by atoms with Crippen molar-refractivity contribution in [2.24, 2.45) is 0 Å². The standard InChI is InChI=1S/C20H24ClNO4/c1-15(20(23)24)26-19-5-2-4-16(14-19)10-12-22-11-3-13-25-18-8-6-17(21)7-9-18/h2,4-9,14-15,22H,3,10-13H2,1H3,(H,23,24). The van der Waals surface area contributed by atoms with Gasteiger partial charge in [0.1, 0.15) is 11.5 Å². The zero-order valence-electron chi connectivity index (χ0n) is 14.8. The lowest BCUT2D eigenvalue weighted by atomic mass is 10.1. The molecule has 6 heteroatoms. The highest BCUT2D eigenvalue weighted by Crippen LogP contribution is 2.16. The predicted octanol–water partition coefficient (Wildman–Crippen LogP) is 3.79. The Morgan fingerprint density at radius 3 is 2.65 bits per heavy atom. The SMILES string of the molecule is CC(Oc1cccc(CCNCCCOc2ccc(Cl)cc2)c1)C(=O)O. The van der Waals surface area contributed by atoms with Gasteiger partial charge in [-0.2, -0.15) is 0 Å². The smallest absolute Gasteiger partial charge is 0.344 e. The number of carboxylic acids is 1. The number of nitrogens with one attached hydrogen (secondary N) is 1. The van der Waals surface area contributed by atoms with Crippen molar-refractivity contribution in [1.82, 2.24) is 5.32 Å². The van der Waals surface area contributed by atoms with Crippen LogP contribution < -0.4 is 14.8 Å². The first kappa shape index (κ1) is 20.1. The summed E-state index contributed by atoms with van der Waals surface area (Å²) in [5.41, 5.74) is 1.10. The first-order valence-electron chi connectivity index (χ1n) is 8.62. The molecule has 2 aromatic rings. The molecule has 0 aromatic heterocycles. The summed E-state index contributed by atoms with van der Waals surface area (Å²) in [6.07, 6.45) is 0.891. The molecule has 0 bridgehead atoms. The fraction of sp³-hybridized carbons (Fsp3) is 0.350. The molecule has 140 valence electrons. The van der Waals surface area contributed by atoms with E-state index >= 15 is 0 Å². The van der Waals surface area contributed by atoms with Crippen LogP contribution in [0.1, 0.15) is 18.9 Å². The number of rotatable bonds is 11. The largest absolute Gasteiger partial charge is 0.494 e. The van der Waals surface area contributed by atoms with Gasteiger partial charge in [0.25, 0.3) is 0 Å². The van der Waals surface area contributed by atoms with Gasteiger partial charge >= 0.3 is 5.97 Å². The second-order valence-corrected chi connectivity index (χ2v) is 6.34. The van der Waals surface area contributed by atoms with Gasteiger partial charge in [-0.1, -0.05) is 23.7 Å². The van der Waals surface area contributed by atoms with Crippen molar-refractivity contribution in [3.63, 3.8) is 0 Å². The summed E-state index contributed by atoms with van der Waals surface area (Å²) in [4.78, 5) is 10.8. The van der Waals surface area contributed by atoms with Crippen molar-refractivity contribution in [2.75, 3.05) is 19.7 Å². The number of halogens is 1. The van der Waals surface area contributed by atoms with E-state index in [1.807, 2.05) is 42.5 Å². The van der Waals surface area contributed by atoms with Crippen LogP contribution in [0, 0.1) is 0 Å². The topological polar surface area (TPSA) is 67.8 Å². The van der Waals surface area contributed by atoms with E-state index in [1.165, 1.54) is 6.92 Å². The van der Waals surface area contributed by atoms with Crippen molar-refractivity contribution in [3.05, 3.63) is 59.1 Å². The molecule has 0 aliphatic heterocycles. The van der Waals surface area contributed by atoms with Crippen molar-refractivity contribution in [2.45, 2.75) is 25.9 Å². The molecule has 0 amide bonds. The third kappa shape index (κ3) is 7.33. The minimum absolute atomic E-state index is 0.578. The highest BCUT2D eigenvalue weighted by Gasteiger charge is 2.12. The zero-order valence-corrected chi connectivity index (χ0v) is 15.5. The van der Waals surface area contributed by atoms with Gasteiger partial charge in [0.2, 0.25) is 0 Å². The lowest BCUT2D eigenvalue weighted by molar-refractivity contribution is -0.144. The second kappa shape index (κ2) is 10.7. The number of carboxylic acid groups (broad SMARTS) is 1. The Labute approximate surface area is 158 Å². The van der Waals surface area contributed by atoms with E-state index in [1.54, 1.807) is 6.07 Å². The number of hydrogen-bond acceptors (Lipinski definition) is 4. The van der Waals surface area contributed by atoms with Crippen molar-refractivity contribution >= 4 is 17.6 Å². The molecule has 1 unspecified atom stereocenters. The van der Waals surface area contributed by atoms with Crippen LogP contribution in [0.4, 0.5) is 0 Å². The Kier molecular flexibility index (Phi) is 8.25. The monoisotopic (exact) mass is 377 g/mol. The second-order valence-electron chi connectivity index (χ2n) is 5.90. The fourth-order valence-electron chi connectivity index (χ4n) is 2.30. The first-order chi connectivity index (χ1) is 12.5. The molecule has 2 aromatic carbocycles. The van der Waals surface area contributed by atoms with Gasteiger partial charge in [-0.15, -0.1) is 0 Å². The highest BCUT2D eigenvalue weighted by molar-refractivity contribution is 6.30. The minimum atomic E-state index is -0.974. The lowest BCUT2D eigenvalue weighted by Gasteiger charge is -2.11. The predicted molar refractivity (Wildman–Crippen MR) is 102 cm³/mol. The maximum atomic E-state index is 10.8. The molecule has 0 aliphatic carbocycles. The number of hydrogen-bond donors (Lipinski definition) is 2. The Morgan fingerprint density at radius 1 is 1.15 bits per heavy atom. The van der Waals surface area contributed by atoms with Gasteiger partial charge < -0.3 is 19.9 Å². The third-order valence-corrected chi connectivity index (χ3v) is 3.98. The minimum Gasteiger partial charge on any atom is -0.494 e. The Bertz CT molecular complexity index is 690. The summed E-state index contributed by atoms with van der Waals surface area (Å²) in [5, 5.41) is 13.0. The summed E-state index contributed by atoms with van der Waals surface area (Å²) in [6, 6.07) is 14.9. The van der Waals surface area contributed by atoms with Crippen molar-refractivity contribution in [1.29, 1.82) is 0 Å². The average molecular weight is 378 g/mol. The van der Waals surface area contributed by atoms with Gasteiger partial charge in [0, 0.05) is 5.02 Å². The number of benzene rings is 2. The lowest BCUT2D eigenvalue weighted by Crippen LogP contribution is -2.23. The van der Waals surface area contributed by atoms with Gasteiger partial charge in [-0.05, 0) is 74.8 Å². The quantitative estimate of drug-likeness (QED) is 0.583. The van der Waals surface area contributed by atoms with E-state index in [2.05, 4.69) is 5.32 Å². The Morgan fingerprint density at radius 2 is 1.92 bits per heavy atom. The van der Waals surface area contributed by atoms with Gasteiger partial charge in [0.15, 0.2) is 6.10 Å². The molecule has 0 saturated heterocycles. The van der Waals surface area contributed by atoms with E-state index in [0.29, 0.717) is 17.4 Å². The maximum Gasteiger partial charge on any atom is 0.344 e. The van der Waals surface area contributed by atoms with Crippen LogP contribution >= 0.6 is 11.6 Å². The third-order valence-electron chi connectivity index (χ3n) is 3.73. The molecule has 0 spiro atoms. The summed E-state index contributed by atoms with van der Waals surface area (Å²) in [5.74, 6) is 0.424.